The van der Waals surface area contributed by atoms with Crippen molar-refractivity contribution in [3.8, 4) is 0 Å². The van der Waals surface area contributed by atoms with E-state index in [0.29, 0.717) is 0 Å². The van der Waals surface area contributed by atoms with Crippen LogP contribution >= 0.6 is 0 Å². The van der Waals surface area contributed by atoms with Crippen molar-refractivity contribution >= 4 is 0 Å². The van der Waals surface area contributed by atoms with E-state index in [1.165, 1.54) is 32.1 Å². The first-order valence-corrected chi connectivity index (χ1v) is 4.31. The van der Waals surface area contributed by atoms with E-state index in [1.807, 2.05) is 0 Å². The third-order valence-electron chi connectivity index (χ3n) is 1.64. The summed E-state index contributed by atoms with van der Waals surface area (Å²) in [5.74, 6) is 1.05. The van der Waals surface area contributed by atoms with Crippen LogP contribution in [0.3, 0.4) is 0 Å². The second-order valence-corrected chi connectivity index (χ2v) is 3.10. The van der Waals surface area contributed by atoms with Gasteiger partial charge in [-0.3, -0.25) is 0 Å². The van der Waals surface area contributed by atoms with Gasteiger partial charge in [-0.2, -0.15) is 0 Å². The number of hydrogen-bond acceptors (Lipinski definition) is 0. The monoisotopic (exact) mass is 128 g/mol. The highest BCUT2D eigenvalue weighted by atomic mass is 14.1. The summed E-state index contributed by atoms with van der Waals surface area (Å²) in [6, 6.07) is 0. The van der Waals surface area contributed by atoms with Crippen LogP contribution in [0.25, 0.3) is 0 Å². The van der Waals surface area contributed by atoms with E-state index >= 15 is 0 Å². The van der Waals surface area contributed by atoms with Gasteiger partial charge in [0.15, 0.2) is 0 Å². The minimum Gasteiger partial charge on any atom is -0.0656 e. The average molecular weight is 128 g/mol. The van der Waals surface area contributed by atoms with Crippen LogP contribution < -0.4 is 0 Å². The predicted octanol–water partition coefficient (Wildman–Crippen LogP) is 3.61. The molecule has 1 rings (SSSR count). The zero-order chi connectivity index (χ0) is 7.11. The molecule has 0 aromatic rings. The highest BCUT2D eigenvalue weighted by Gasteiger charge is 2.07. The molecular formula is C9H20. The van der Waals surface area contributed by atoms with Gasteiger partial charge >= 0.3 is 0 Å². The minimum atomic E-state index is 1.05. The smallest absolute Gasteiger partial charge is 0.0443 e. The molecule has 0 unspecified atom stereocenters. The van der Waals surface area contributed by atoms with Gasteiger partial charge in [-0.1, -0.05) is 52.9 Å². The van der Waals surface area contributed by atoms with E-state index in [2.05, 4.69) is 20.8 Å². The summed E-state index contributed by atoms with van der Waals surface area (Å²) in [6.45, 7) is 6.59. The first kappa shape index (κ1) is 9.00. The molecule has 0 atom stereocenters. The fourth-order valence-electron chi connectivity index (χ4n) is 1.13. The Morgan fingerprint density at radius 1 is 1.11 bits per heavy atom. The quantitative estimate of drug-likeness (QED) is 0.467. The molecule has 9 heavy (non-hydrogen) atoms. The lowest BCUT2D eigenvalue weighted by atomic mass is 10.2. The fourth-order valence-corrected chi connectivity index (χ4v) is 1.13. The summed E-state index contributed by atoms with van der Waals surface area (Å²) < 4.78 is 0. The Morgan fingerprint density at radius 3 is 1.56 bits per heavy atom. The standard InChI is InChI=1S/C6H12.C3H8/c1-6-4-2-3-5-6;1-3-2/h6H,2-5H2,1H3;3H2,1-2H3. The Bertz CT molecular complexity index is 42.0. The summed E-state index contributed by atoms with van der Waals surface area (Å²) in [4.78, 5) is 0. The summed E-state index contributed by atoms with van der Waals surface area (Å²) >= 11 is 0. The Hall–Kier alpha value is 0. The van der Waals surface area contributed by atoms with Gasteiger partial charge in [0.1, 0.15) is 0 Å². The lowest BCUT2D eigenvalue weighted by Gasteiger charge is -1.91. The van der Waals surface area contributed by atoms with Gasteiger partial charge < -0.3 is 0 Å². The molecule has 0 radical (unpaired) electrons. The zero-order valence-electron chi connectivity index (χ0n) is 7.11. The molecule has 0 aromatic carbocycles. The van der Waals surface area contributed by atoms with Crippen LogP contribution in [0, 0.1) is 5.92 Å². The molecule has 0 heterocycles. The van der Waals surface area contributed by atoms with Crippen molar-refractivity contribution in [1.29, 1.82) is 0 Å². The van der Waals surface area contributed by atoms with Crippen molar-refractivity contribution in [3.05, 3.63) is 0 Å². The normalized spacial score (nSPS) is 19.0. The zero-order valence-corrected chi connectivity index (χ0v) is 7.11. The van der Waals surface area contributed by atoms with Gasteiger partial charge in [-0.05, 0) is 5.92 Å². The molecule has 0 heteroatoms. The van der Waals surface area contributed by atoms with E-state index in [-0.39, 0.29) is 0 Å². The van der Waals surface area contributed by atoms with Crippen molar-refractivity contribution in [3.63, 3.8) is 0 Å². The molecule has 1 aliphatic rings. The molecule has 0 amide bonds. The minimum absolute atomic E-state index is 1.05. The van der Waals surface area contributed by atoms with E-state index in [9.17, 15) is 0 Å². The van der Waals surface area contributed by atoms with Gasteiger partial charge in [0.25, 0.3) is 0 Å². The summed E-state index contributed by atoms with van der Waals surface area (Å²) in [5.41, 5.74) is 0. The Labute approximate surface area is 59.7 Å². The SMILES string of the molecule is CC1CCCC1.CCC. The van der Waals surface area contributed by atoms with Gasteiger partial charge in [-0.15, -0.1) is 0 Å². The maximum absolute atomic E-state index is 2.34. The molecule has 0 nitrogen and oxygen atoms in total. The average Bonchev–Trinajstić information content (AvgIpc) is 2.20. The van der Waals surface area contributed by atoms with Crippen LogP contribution in [0.15, 0.2) is 0 Å². The summed E-state index contributed by atoms with van der Waals surface area (Å²) in [7, 11) is 0. The Balaban J connectivity index is 0.000000187. The number of hydrogen-bond donors (Lipinski definition) is 0. The third-order valence-corrected chi connectivity index (χ3v) is 1.64. The molecule has 0 N–H and O–H groups in total. The second-order valence-electron chi connectivity index (χ2n) is 3.10. The van der Waals surface area contributed by atoms with E-state index in [1.54, 1.807) is 0 Å². The van der Waals surface area contributed by atoms with Crippen molar-refractivity contribution in [2.24, 2.45) is 5.92 Å². The van der Waals surface area contributed by atoms with E-state index in [0.717, 1.165) is 5.92 Å². The molecular weight excluding hydrogens is 108 g/mol. The largest absolute Gasteiger partial charge is 0.0656 e. The van der Waals surface area contributed by atoms with Crippen LogP contribution in [0.2, 0.25) is 0 Å². The van der Waals surface area contributed by atoms with Crippen molar-refractivity contribution in [1.82, 2.24) is 0 Å². The van der Waals surface area contributed by atoms with Crippen LogP contribution in [-0.2, 0) is 0 Å². The van der Waals surface area contributed by atoms with Crippen molar-refractivity contribution < 1.29 is 0 Å². The lowest BCUT2D eigenvalue weighted by Crippen LogP contribution is -1.78. The molecule has 1 saturated carbocycles. The topological polar surface area (TPSA) is 0 Å². The molecule has 0 spiro atoms. The van der Waals surface area contributed by atoms with Crippen LogP contribution in [0.1, 0.15) is 52.9 Å². The van der Waals surface area contributed by atoms with Crippen LogP contribution in [-0.4, -0.2) is 0 Å². The van der Waals surface area contributed by atoms with E-state index in [4.69, 9.17) is 0 Å². The molecule has 0 saturated heterocycles. The molecule has 0 aromatic heterocycles. The van der Waals surface area contributed by atoms with Gasteiger partial charge in [0, 0.05) is 0 Å². The Morgan fingerprint density at radius 2 is 1.44 bits per heavy atom. The molecule has 0 aliphatic heterocycles. The van der Waals surface area contributed by atoms with Crippen LogP contribution in [0.5, 0.6) is 0 Å². The van der Waals surface area contributed by atoms with Crippen molar-refractivity contribution in [2.75, 3.05) is 0 Å². The van der Waals surface area contributed by atoms with Gasteiger partial charge in [0.05, 0.1) is 0 Å². The molecule has 1 aliphatic carbocycles. The Kier molecular flexibility index (Phi) is 6.12. The summed E-state index contributed by atoms with van der Waals surface area (Å²) in [5, 5.41) is 0. The van der Waals surface area contributed by atoms with Gasteiger partial charge in [-0.25, -0.2) is 0 Å². The second kappa shape index (κ2) is 6.12. The lowest BCUT2D eigenvalue weighted by molar-refractivity contribution is 0.612. The number of rotatable bonds is 0. The fraction of sp³-hybridized carbons (Fsp3) is 1.00. The highest BCUT2D eigenvalue weighted by molar-refractivity contribution is 4.60. The third kappa shape index (κ3) is 5.88. The maximum atomic E-state index is 2.34. The van der Waals surface area contributed by atoms with Gasteiger partial charge in [0.2, 0.25) is 0 Å². The molecule has 56 valence electrons. The predicted molar refractivity (Wildman–Crippen MR) is 43.6 cm³/mol. The summed E-state index contributed by atoms with van der Waals surface area (Å²) in [6.07, 6.45) is 7.20. The first-order valence-electron chi connectivity index (χ1n) is 4.31. The highest BCUT2D eigenvalue weighted by Crippen LogP contribution is 2.22. The van der Waals surface area contributed by atoms with Crippen molar-refractivity contribution in [2.45, 2.75) is 52.9 Å². The van der Waals surface area contributed by atoms with E-state index < -0.39 is 0 Å². The first-order chi connectivity index (χ1) is 4.31. The van der Waals surface area contributed by atoms with Crippen LogP contribution in [0.4, 0.5) is 0 Å². The maximum Gasteiger partial charge on any atom is -0.0443 e. The molecule has 1 fully saturated rings. The molecule has 0 bridgehead atoms.